The third kappa shape index (κ3) is 2.15. The Morgan fingerprint density at radius 2 is 2.00 bits per heavy atom. The second kappa shape index (κ2) is 4.83. The summed E-state index contributed by atoms with van der Waals surface area (Å²) in [5.41, 5.74) is 0.493. The SMILES string of the molecule is COc1ccccc1C(=O)c1cc(C)n[nH]c1=O. The van der Waals surface area contributed by atoms with Gasteiger partial charge < -0.3 is 4.74 Å². The van der Waals surface area contributed by atoms with E-state index in [-0.39, 0.29) is 11.3 Å². The Kier molecular flexibility index (Phi) is 3.23. The Balaban J connectivity index is 2.55. The number of aromatic nitrogens is 2. The Morgan fingerprint density at radius 3 is 2.72 bits per heavy atom. The molecule has 92 valence electrons. The van der Waals surface area contributed by atoms with Crippen LogP contribution in [-0.2, 0) is 0 Å². The van der Waals surface area contributed by atoms with Gasteiger partial charge in [0.1, 0.15) is 5.75 Å². The number of aryl methyl sites for hydroxylation is 1. The minimum Gasteiger partial charge on any atom is -0.496 e. The molecule has 0 atom stereocenters. The van der Waals surface area contributed by atoms with Crippen molar-refractivity contribution in [1.29, 1.82) is 0 Å². The van der Waals surface area contributed by atoms with Crippen LogP contribution in [0.1, 0.15) is 21.6 Å². The summed E-state index contributed by atoms with van der Waals surface area (Å²) in [5, 5.41) is 6.03. The van der Waals surface area contributed by atoms with Crippen LogP contribution >= 0.6 is 0 Å². The molecule has 0 saturated heterocycles. The smallest absolute Gasteiger partial charge is 0.275 e. The van der Waals surface area contributed by atoms with Crippen molar-refractivity contribution in [2.24, 2.45) is 0 Å². The number of hydrogen-bond acceptors (Lipinski definition) is 4. The quantitative estimate of drug-likeness (QED) is 0.826. The van der Waals surface area contributed by atoms with Crippen LogP contribution in [0, 0.1) is 6.92 Å². The van der Waals surface area contributed by atoms with Crippen molar-refractivity contribution in [3.05, 3.63) is 57.5 Å². The van der Waals surface area contributed by atoms with Gasteiger partial charge in [-0.3, -0.25) is 9.59 Å². The first-order valence-electron chi connectivity index (χ1n) is 5.37. The molecule has 5 nitrogen and oxygen atoms in total. The van der Waals surface area contributed by atoms with Crippen molar-refractivity contribution in [2.45, 2.75) is 6.92 Å². The molecule has 0 aliphatic carbocycles. The first kappa shape index (κ1) is 12.0. The number of benzene rings is 1. The number of H-pyrrole nitrogens is 1. The van der Waals surface area contributed by atoms with Gasteiger partial charge in [0.2, 0.25) is 5.78 Å². The van der Waals surface area contributed by atoms with Crippen LogP contribution in [0.5, 0.6) is 5.75 Å². The Morgan fingerprint density at radius 1 is 1.28 bits per heavy atom. The summed E-state index contributed by atoms with van der Waals surface area (Å²) in [6.07, 6.45) is 0. The molecule has 0 aliphatic heterocycles. The molecule has 1 heterocycles. The Labute approximate surface area is 103 Å². The molecule has 0 saturated carbocycles. The van der Waals surface area contributed by atoms with Gasteiger partial charge in [0.25, 0.3) is 5.56 Å². The van der Waals surface area contributed by atoms with Gasteiger partial charge in [0, 0.05) is 0 Å². The van der Waals surface area contributed by atoms with Crippen LogP contribution < -0.4 is 10.3 Å². The average Bonchev–Trinajstić information content (AvgIpc) is 2.40. The van der Waals surface area contributed by atoms with Crippen molar-refractivity contribution in [3.8, 4) is 5.75 Å². The van der Waals surface area contributed by atoms with E-state index >= 15 is 0 Å². The summed E-state index contributed by atoms with van der Waals surface area (Å²) in [6, 6.07) is 8.25. The van der Waals surface area contributed by atoms with Crippen molar-refractivity contribution < 1.29 is 9.53 Å². The summed E-state index contributed by atoms with van der Waals surface area (Å²) < 4.78 is 5.11. The first-order chi connectivity index (χ1) is 8.63. The summed E-state index contributed by atoms with van der Waals surface area (Å²) in [7, 11) is 1.48. The maximum Gasteiger partial charge on any atom is 0.275 e. The lowest BCUT2D eigenvalue weighted by Crippen LogP contribution is -2.20. The predicted molar refractivity (Wildman–Crippen MR) is 66.0 cm³/mol. The number of methoxy groups -OCH3 is 1. The standard InChI is InChI=1S/C13H12N2O3/c1-8-7-10(13(17)15-14-8)12(16)9-5-3-4-6-11(9)18-2/h3-7H,1-2H3,(H,15,17). The summed E-state index contributed by atoms with van der Waals surface area (Å²) in [6.45, 7) is 1.70. The molecule has 0 radical (unpaired) electrons. The number of para-hydroxylation sites is 1. The fraction of sp³-hybridized carbons (Fsp3) is 0.154. The largest absolute Gasteiger partial charge is 0.496 e. The van der Waals surface area contributed by atoms with Crippen LogP contribution in [0.25, 0.3) is 0 Å². The fourth-order valence-corrected chi connectivity index (χ4v) is 1.65. The molecule has 1 aromatic heterocycles. The van der Waals surface area contributed by atoms with Gasteiger partial charge in [-0.15, -0.1) is 0 Å². The zero-order chi connectivity index (χ0) is 13.1. The maximum atomic E-state index is 12.3. The number of nitrogens with one attached hydrogen (secondary N) is 1. The van der Waals surface area contributed by atoms with Crippen molar-refractivity contribution in [1.82, 2.24) is 10.2 Å². The van der Waals surface area contributed by atoms with Crippen molar-refractivity contribution in [3.63, 3.8) is 0 Å². The van der Waals surface area contributed by atoms with Crippen LogP contribution in [-0.4, -0.2) is 23.1 Å². The Hall–Kier alpha value is -2.43. The topological polar surface area (TPSA) is 72.0 Å². The van der Waals surface area contributed by atoms with E-state index in [1.165, 1.54) is 13.2 Å². The molecule has 2 rings (SSSR count). The number of ether oxygens (including phenoxy) is 1. The van der Waals surface area contributed by atoms with E-state index in [4.69, 9.17) is 4.74 Å². The highest BCUT2D eigenvalue weighted by atomic mass is 16.5. The van der Waals surface area contributed by atoms with Crippen molar-refractivity contribution >= 4 is 5.78 Å². The van der Waals surface area contributed by atoms with Gasteiger partial charge in [-0.05, 0) is 25.1 Å². The van der Waals surface area contributed by atoms with E-state index in [2.05, 4.69) is 10.2 Å². The highest BCUT2D eigenvalue weighted by Gasteiger charge is 2.17. The highest BCUT2D eigenvalue weighted by Crippen LogP contribution is 2.19. The number of rotatable bonds is 3. The number of carbonyl (C=O) groups is 1. The molecule has 0 aliphatic rings. The Bertz CT molecular complexity index is 647. The molecule has 0 amide bonds. The van der Waals surface area contributed by atoms with E-state index in [0.717, 1.165) is 0 Å². The first-order valence-corrected chi connectivity index (χ1v) is 5.37. The molecule has 1 aromatic carbocycles. The summed E-state index contributed by atoms with van der Waals surface area (Å²) in [4.78, 5) is 23.9. The predicted octanol–water partition coefficient (Wildman–Crippen LogP) is 1.32. The highest BCUT2D eigenvalue weighted by molar-refractivity contribution is 6.10. The van der Waals surface area contributed by atoms with E-state index in [0.29, 0.717) is 17.0 Å². The molecule has 2 aromatic rings. The minimum absolute atomic E-state index is 0.0620. The number of nitrogens with zero attached hydrogens (tertiary/aromatic N) is 1. The number of carbonyl (C=O) groups excluding carboxylic acids is 1. The zero-order valence-electron chi connectivity index (χ0n) is 10.1. The van der Waals surface area contributed by atoms with Gasteiger partial charge in [0.05, 0.1) is 23.9 Å². The molecule has 0 spiro atoms. The molecule has 0 fully saturated rings. The third-order valence-electron chi connectivity index (χ3n) is 2.53. The zero-order valence-corrected chi connectivity index (χ0v) is 10.1. The van der Waals surface area contributed by atoms with Crippen LogP contribution in [0.2, 0.25) is 0 Å². The average molecular weight is 244 g/mol. The summed E-state index contributed by atoms with van der Waals surface area (Å²) in [5.74, 6) is 0.0653. The van der Waals surface area contributed by atoms with Crippen LogP contribution in [0.15, 0.2) is 35.1 Å². The van der Waals surface area contributed by atoms with E-state index in [9.17, 15) is 9.59 Å². The second-order valence-corrected chi connectivity index (χ2v) is 3.78. The molecular formula is C13H12N2O3. The molecule has 18 heavy (non-hydrogen) atoms. The maximum absolute atomic E-state index is 12.3. The second-order valence-electron chi connectivity index (χ2n) is 3.78. The lowest BCUT2D eigenvalue weighted by molar-refractivity contribution is 0.103. The van der Waals surface area contributed by atoms with Gasteiger partial charge in [-0.2, -0.15) is 5.10 Å². The third-order valence-corrected chi connectivity index (χ3v) is 2.53. The molecule has 0 unspecified atom stereocenters. The van der Waals surface area contributed by atoms with E-state index < -0.39 is 5.56 Å². The van der Waals surface area contributed by atoms with Gasteiger partial charge >= 0.3 is 0 Å². The lowest BCUT2D eigenvalue weighted by Gasteiger charge is -2.06. The van der Waals surface area contributed by atoms with Crippen LogP contribution in [0.4, 0.5) is 0 Å². The van der Waals surface area contributed by atoms with Crippen molar-refractivity contribution in [2.75, 3.05) is 7.11 Å². The van der Waals surface area contributed by atoms with Gasteiger partial charge in [-0.1, -0.05) is 12.1 Å². The number of aromatic amines is 1. The molecule has 1 N–H and O–H groups in total. The summed E-state index contributed by atoms with van der Waals surface area (Å²) >= 11 is 0. The normalized spacial score (nSPS) is 10.1. The fourth-order valence-electron chi connectivity index (χ4n) is 1.65. The molecular weight excluding hydrogens is 232 g/mol. The molecule has 5 heteroatoms. The van der Waals surface area contributed by atoms with E-state index in [1.54, 1.807) is 31.2 Å². The number of hydrogen-bond donors (Lipinski definition) is 1. The van der Waals surface area contributed by atoms with E-state index in [1.807, 2.05) is 0 Å². The van der Waals surface area contributed by atoms with Gasteiger partial charge in [-0.25, -0.2) is 5.10 Å². The minimum atomic E-state index is -0.503. The monoisotopic (exact) mass is 244 g/mol. The number of ketones is 1. The van der Waals surface area contributed by atoms with Crippen LogP contribution in [0.3, 0.4) is 0 Å². The lowest BCUT2D eigenvalue weighted by atomic mass is 10.0. The molecule has 0 bridgehead atoms. The van der Waals surface area contributed by atoms with Gasteiger partial charge in [0.15, 0.2) is 0 Å².